The van der Waals surface area contributed by atoms with Gasteiger partial charge in [-0.25, -0.2) is 4.39 Å². The maximum Gasteiger partial charge on any atom is 0.143 e. The quantitative estimate of drug-likeness (QED) is 0.662. The van der Waals surface area contributed by atoms with Crippen molar-refractivity contribution in [3.8, 4) is 5.75 Å². The van der Waals surface area contributed by atoms with E-state index in [9.17, 15) is 9.50 Å². The zero-order valence-electron chi connectivity index (χ0n) is 12.6. The first-order valence-electron chi connectivity index (χ1n) is 7.39. The molecule has 0 aliphatic rings. The van der Waals surface area contributed by atoms with Crippen LogP contribution in [0.1, 0.15) is 30.8 Å². The predicted octanol–water partition coefficient (Wildman–Crippen LogP) is 5.20. The van der Waals surface area contributed by atoms with Crippen LogP contribution in [-0.2, 0) is 0 Å². The molecule has 3 nitrogen and oxygen atoms in total. The third-order valence-electron chi connectivity index (χ3n) is 3.53. The monoisotopic (exact) mass is 378 g/mol. The second kappa shape index (κ2) is 6.72. The third kappa shape index (κ3) is 3.12. The van der Waals surface area contributed by atoms with Gasteiger partial charge in [0.2, 0.25) is 0 Å². The first-order chi connectivity index (χ1) is 11.1. The summed E-state index contributed by atoms with van der Waals surface area (Å²) in [5.41, 5.74) is 0.722. The lowest BCUT2D eigenvalue weighted by molar-refractivity contribution is 0.179. The van der Waals surface area contributed by atoms with Crippen LogP contribution in [0.3, 0.4) is 0 Å². The van der Waals surface area contributed by atoms with E-state index < -0.39 is 11.9 Å². The van der Waals surface area contributed by atoms with Gasteiger partial charge in [0.1, 0.15) is 29.0 Å². The van der Waals surface area contributed by atoms with Crippen LogP contribution < -0.4 is 4.74 Å². The van der Waals surface area contributed by atoms with Crippen LogP contribution in [0.4, 0.5) is 4.39 Å². The molecule has 0 aliphatic carbocycles. The van der Waals surface area contributed by atoms with Crippen molar-refractivity contribution < 1.29 is 18.7 Å². The second-order valence-corrected chi connectivity index (χ2v) is 6.06. The maximum atomic E-state index is 14.3. The number of benzene rings is 2. The van der Waals surface area contributed by atoms with Crippen LogP contribution in [0.2, 0.25) is 0 Å². The molecule has 1 aromatic heterocycles. The van der Waals surface area contributed by atoms with Gasteiger partial charge in [0, 0.05) is 5.39 Å². The summed E-state index contributed by atoms with van der Waals surface area (Å²) < 4.78 is 26.2. The van der Waals surface area contributed by atoms with Crippen molar-refractivity contribution in [2.45, 2.75) is 19.4 Å². The summed E-state index contributed by atoms with van der Waals surface area (Å²) >= 11 is 3.35. The Hall–Kier alpha value is -1.85. The summed E-state index contributed by atoms with van der Waals surface area (Å²) in [6.07, 6.45) is -0.463. The molecule has 1 heterocycles. The summed E-state index contributed by atoms with van der Waals surface area (Å²) in [6.45, 7) is 2.39. The summed E-state index contributed by atoms with van der Waals surface area (Å²) in [4.78, 5) is 0. The number of fused-ring (bicyclic) bond motifs is 1. The SMILES string of the molecule is CCCOc1c(Br)ccc(F)c1C(O)c1cc2ccccc2o1. The predicted molar refractivity (Wildman–Crippen MR) is 90.2 cm³/mol. The lowest BCUT2D eigenvalue weighted by Crippen LogP contribution is -2.07. The van der Waals surface area contributed by atoms with Crippen LogP contribution in [0.5, 0.6) is 5.75 Å². The lowest BCUT2D eigenvalue weighted by atomic mass is 10.0. The molecular formula is C18H16BrFO3. The Bertz CT molecular complexity index is 795. The molecule has 120 valence electrons. The van der Waals surface area contributed by atoms with E-state index in [1.165, 1.54) is 6.07 Å². The summed E-state index contributed by atoms with van der Waals surface area (Å²) in [6, 6.07) is 12.0. The number of ether oxygens (including phenoxy) is 1. The van der Waals surface area contributed by atoms with Gasteiger partial charge in [0.05, 0.1) is 16.6 Å². The molecule has 0 fully saturated rings. The van der Waals surface area contributed by atoms with Crippen LogP contribution in [0.15, 0.2) is 51.4 Å². The van der Waals surface area contributed by atoms with Gasteiger partial charge in [-0.1, -0.05) is 25.1 Å². The molecule has 0 saturated carbocycles. The molecule has 5 heteroatoms. The number of rotatable bonds is 5. The van der Waals surface area contributed by atoms with Crippen molar-refractivity contribution in [2.75, 3.05) is 6.61 Å². The minimum absolute atomic E-state index is 0.0758. The average molecular weight is 379 g/mol. The minimum atomic E-state index is -1.24. The number of hydrogen-bond acceptors (Lipinski definition) is 3. The molecular weight excluding hydrogens is 363 g/mol. The van der Waals surface area contributed by atoms with Gasteiger partial charge < -0.3 is 14.3 Å². The molecule has 0 saturated heterocycles. The Labute approximate surface area is 141 Å². The molecule has 0 radical (unpaired) electrons. The number of aliphatic hydroxyl groups excluding tert-OH is 1. The van der Waals surface area contributed by atoms with E-state index in [1.807, 2.05) is 25.1 Å². The van der Waals surface area contributed by atoms with Crippen molar-refractivity contribution in [2.24, 2.45) is 0 Å². The second-order valence-electron chi connectivity index (χ2n) is 5.21. The van der Waals surface area contributed by atoms with Gasteiger partial charge in [-0.2, -0.15) is 0 Å². The molecule has 0 aliphatic heterocycles. The zero-order valence-corrected chi connectivity index (χ0v) is 14.1. The molecule has 1 unspecified atom stereocenters. The van der Waals surface area contributed by atoms with E-state index in [1.54, 1.807) is 18.2 Å². The highest BCUT2D eigenvalue weighted by atomic mass is 79.9. The van der Waals surface area contributed by atoms with E-state index in [0.717, 1.165) is 11.8 Å². The molecule has 3 aromatic rings. The highest BCUT2D eigenvalue weighted by Gasteiger charge is 2.25. The number of hydrogen-bond donors (Lipinski definition) is 1. The summed E-state index contributed by atoms with van der Waals surface area (Å²) in [5.74, 6) is 0.0524. The van der Waals surface area contributed by atoms with Crippen LogP contribution in [-0.4, -0.2) is 11.7 Å². The lowest BCUT2D eigenvalue weighted by Gasteiger charge is -2.17. The normalized spacial score (nSPS) is 12.5. The molecule has 23 heavy (non-hydrogen) atoms. The van der Waals surface area contributed by atoms with Gasteiger partial charge in [0.15, 0.2) is 0 Å². The van der Waals surface area contributed by atoms with Crippen LogP contribution in [0, 0.1) is 5.82 Å². The fourth-order valence-corrected chi connectivity index (χ4v) is 2.89. The van der Waals surface area contributed by atoms with Crippen molar-refractivity contribution >= 4 is 26.9 Å². The van der Waals surface area contributed by atoms with Crippen molar-refractivity contribution in [1.82, 2.24) is 0 Å². The van der Waals surface area contributed by atoms with Gasteiger partial charge in [0.25, 0.3) is 0 Å². The van der Waals surface area contributed by atoms with Crippen LogP contribution >= 0.6 is 15.9 Å². The smallest absolute Gasteiger partial charge is 0.143 e. The number of para-hydroxylation sites is 1. The van der Waals surface area contributed by atoms with E-state index in [-0.39, 0.29) is 11.3 Å². The number of halogens is 2. The summed E-state index contributed by atoms with van der Waals surface area (Å²) in [7, 11) is 0. The molecule has 0 amide bonds. The van der Waals surface area contributed by atoms with E-state index in [2.05, 4.69) is 15.9 Å². The largest absolute Gasteiger partial charge is 0.492 e. The van der Waals surface area contributed by atoms with Crippen LogP contribution in [0.25, 0.3) is 11.0 Å². The van der Waals surface area contributed by atoms with Crippen molar-refractivity contribution in [3.05, 3.63) is 64.1 Å². The maximum absolute atomic E-state index is 14.3. The molecule has 1 N–H and O–H groups in total. The summed E-state index contributed by atoms with van der Waals surface area (Å²) in [5, 5.41) is 11.5. The Kier molecular flexibility index (Phi) is 4.68. The first kappa shape index (κ1) is 16.0. The molecule has 0 bridgehead atoms. The van der Waals surface area contributed by atoms with Gasteiger partial charge >= 0.3 is 0 Å². The van der Waals surface area contributed by atoms with Gasteiger partial charge in [-0.3, -0.25) is 0 Å². The molecule has 1 atom stereocenters. The topological polar surface area (TPSA) is 42.6 Å². The van der Waals surface area contributed by atoms with Crippen molar-refractivity contribution in [1.29, 1.82) is 0 Å². The Morgan fingerprint density at radius 2 is 2.04 bits per heavy atom. The minimum Gasteiger partial charge on any atom is -0.492 e. The first-order valence-corrected chi connectivity index (χ1v) is 8.18. The van der Waals surface area contributed by atoms with E-state index >= 15 is 0 Å². The van der Waals surface area contributed by atoms with E-state index in [0.29, 0.717) is 22.4 Å². The average Bonchev–Trinajstić information content (AvgIpc) is 2.99. The Balaban J connectivity index is 2.07. The zero-order chi connectivity index (χ0) is 16.4. The fourth-order valence-electron chi connectivity index (χ4n) is 2.43. The van der Waals surface area contributed by atoms with E-state index in [4.69, 9.17) is 9.15 Å². The highest BCUT2D eigenvalue weighted by molar-refractivity contribution is 9.10. The van der Waals surface area contributed by atoms with Crippen molar-refractivity contribution in [3.63, 3.8) is 0 Å². The fraction of sp³-hybridized carbons (Fsp3) is 0.222. The number of aliphatic hydroxyl groups is 1. The van der Waals surface area contributed by atoms with Gasteiger partial charge in [-0.15, -0.1) is 0 Å². The molecule has 3 rings (SSSR count). The molecule has 0 spiro atoms. The Morgan fingerprint density at radius 1 is 1.26 bits per heavy atom. The molecule has 2 aromatic carbocycles. The van der Waals surface area contributed by atoms with Gasteiger partial charge in [-0.05, 0) is 46.6 Å². The Morgan fingerprint density at radius 3 is 2.78 bits per heavy atom. The third-order valence-corrected chi connectivity index (χ3v) is 4.16. The highest BCUT2D eigenvalue weighted by Crippen LogP contribution is 2.39. The standard InChI is InChI=1S/C18H16BrFO3/c1-2-9-22-18-12(19)7-8-13(20)16(18)17(21)15-10-11-5-3-4-6-14(11)23-15/h3-8,10,17,21H,2,9H2,1H3. The number of furan rings is 1.